The molecule has 0 radical (unpaired) electrons. The molecule has 0 aliphatic rings. The zero-order valence-electron chi connectivity index (χ0n) is 10.9. The van der Waals surface area contributed by atoms with E-state index >= 15 is 0 Å². The zero-order valence-corrected chi connectivity index (χ0v) is 10.9. The SMILES string of the molecule is CC.Cc1cnn(-c2ccccc2OC(F)(F)F)c1. The van der Waals surface area contributed by atoms with E-state index in [-0.39, 0.29) is 11.4 Å². The van der Waals surface area contributed by atoms with E-state index in [0.717, 1.165) is 5.56 Å². The average Bonchev–Trinajstić information content (AvgIpc) is 2.77. The molecule has 1 heterocycles. The lowest BCUT2D eigenvalue weighted by Gasteiger charge is -2.12. The monoisotopic (exact) mass is 272 g/mol. The van der Waals surface area contributed by atoms with Crippen molar-refractivity contribution in [1.82, 2.24) is 9.78 Å². The van der Waals surface area contributed by atoms with Crippen molar-refractivity contribution in [2.24, 2.45) is 0 Å². The summed E-state index contributed by atoms with van der Waals surface area (Å²) in [5, 5.41) is 3.95. The van der Waals surface area contributed by atoms with Crippen LogP contribution >= 0.6 is 0 Å². The smallest absolute Gasteiger partial charge is 0.403 e. The van der Waals surface area contributed by atoms with E-state index in [1.807, 2.05) is 13.8 Å². The van der Waals surface area contributed by atoms with Gasteiger partial charge < -0.3 is 4.74 Å². The number of para-hydroxylation sites is 2. The van der Waals surface area contributed by atoms with Gasteiger partial charge in [0.2, 0.25) is 0 Å². The first-order valence-electron chi connectivity index (χ1n) is 5.82. The molecule has 0 amide bonds. The summed E-state index contributed by atoms with van der Waals surface area (Å²) < 4.78 is 41.9. The lowest BCUT2D eigenvalue weighted by atomic mass is 10.3. The summed E-state index contributed by atoms with van der Waals surface area (Å²) in [6.45, 7) is 5.80. The molecule has 0 atom stereocenters. The molecule has 2 rings (SSSR count). The van der Waals surface area contributed by atoms with Gasteiger partial charge in [0.1, 0.15) is 5.69 Å². The third-order valence-electron chi connectivity index (χ3n) is 2.05. The molecular formula is C13H15F3N2O. The van der Waals surface area contributed by atoms with Crippen molar-refractivity contribution in [3.8, 4) is 11.4 Å². The number of ether oxygens (including phenoxy) is 1. The van der Waals surface area contributed by atoms with Crippen molar-refractivity contribution in [2.45, 2.75) is 27.1 Å². The third kappa shape index (κ3) is 4.31. The van der Waals surface area contributed by atoms with Crippen LogP contribution in [0.15, 0.2) is 36.7 Å². The van der Waals surface area contributed by atoms with Gasteiger partial charge in [-0.15, -0.1) is 13.2 Å². The number of hydrogen-bond donors (Lipinski definition) is 0. The number of hydrogen-bond acceptors (Lipinski definition) is 2. The van der Waals surface area contributed by atoms with Crippen molar-refractivity contribution in [1.29, 1.82) is 0 Å². The Kier molecular flexibility index (Phi) is 4.97. The Hall–Kier alpha value is -1.98. The van der Waals surface area contributed by atoms with Crippen LogP contribution in [0, 0.1) is 6.92 Å². The number of aryl methyl sites for hydroxylation is 1. The van der Waals surface area contributed by atoms with E-state index in [9.17, 15) is 13.2 Å². The van der Waals surface area contributed by atoms with Gasteiger partial charge in [0.25, 0.3) is 0 Å². The van der Waals surface area contributed by atoms with Crippen LogP contribution in [0.1, 0.15) is 19.4 Å². The predicted molar refractivity (Wildman–Crippen MR) is 66.3 cm³/mol. The second-order valence-corrected chi connectivity index (χ2v) is 3.48. The van der Waals surface area contributed by atoms with E-state index in [0.29, 0.717) is 0 Å². The van der Waals surface area contributed by atoms with Gasteiger partial charge in [0, 0.05) is 6.20 Å². The quantitative estimate of drug-likeness (QED) is 0.822. The Labute approximate surface area is 109 Å². The molecule has 0 aliphatic heterocycles. The first-order valence-corrected chi connectivity index (χ1v) is 5.82. The van der Waals surface area contributed by atoms with E-state index in [2.05, 4.69) is 9.84 Å². The molecule has 0 unspecified atom stereocenters. The summed E-state index contributed by atoms with van der Waals surface area (Å²) in [4.78, 5) is 0. The molecule has 0 fully saturated rings. The topological polar surface area (TPSA) is 27.1 Å². The minimum atomic E-state index is -4.71. The van der Waals surface area contributed by atoms with Crippen molar-refractivity contribution < 1.29 is 17.9 Å². The van der Waals surface area contributed by atoms with Gasteiger partial charge in [-0.2, -0.15) is 5.10 Å². The second-order valence-electron chi connectivity index (χ2n) is 3.48. The number of nitrogens with zero attached hydrogens (tertiary/aromatic N) is 2. The number of aromatic nitrogens is 2. The molecular weight excluding hydrogens is 257 g/mol. The van der Waals surface area contributed by atoms with Crippen molar-refractivity contribution >= 4 is 0 Å². The van der Waals surface area contributed by atoms with Crippen LogP contribution in [0.25, 0.3) is 5.69 Å². The van der Waals surface area contributed by atoms with E-state index in [4.69, 9.17) is 0 Å². The van der Waals surface area contributed by atoms with Gasteiger partial charge in [-0.25, -0.2) is 4.68 Å². The molecule has 2 aromatic rings. The molecule has 6 heteroatoms. The Balaban J connectivity index is 0.000000861. The highest BCUT2D eigenvalue weighted by Crippen LogP contribution is 2.28. The lowest BCUT2D eigenvalue weighted by molar-refractivity contribution is -0.274. The highest BCUT2D eigenvalue weighted by atomic mass is 19.4. The fraction of sp³-hybridized carbons (Fsp3) is 0.308. The standard InChI is InChI=1S/C11H9F3N2O.C2H6/c1-8-6-15-16(7-8)9-4-2-3-5-10(9)17-11(12,13)14;1-2/h2-7H,1H3;1-2H3. The fourth-order valence-electron chi connectivity index (χ4n) is 1.40. The van der Waals surface area contributed by atoms with Gasteiger partial charge in [-0.05, 0) is 24.6 Å². The van der Waals surface area contributed by atoms with Gasteiger partial charge >= 0.3 is 6.36 Å². The van der Waals surface area contributed by atoms with Crippen LogP contribution in [-0.4, -0.2) is 16.1 Å². The van der Waals surface area contributed by atoms with Gasteiger partial charge in [-0.1, -0.05) is 26.0 Å². The molecule has 0 bridgehead atoms. The Bertz CT molecular complexity index is 521. The minimum Gasteiger partial charge on any atom is -0.403 e. The number of rotatable bonds is 2. The molecule has 104 valence electrons. The van der Waals surface area contributed by atoms with Gasteiger partial charge in [0.05, 0.1) is 6.20 Å². The molecule has 1 aromatic carbocycles. The number of benzene rings is 1. The first-order chi connectivity index (χ1) is 8.96. The average molecular weight is 272 g/mol. The summed E-state index contributed by atoms with van der Waals surface area (Å²) in [6, 6.07) is 5.85. The largest absolute Gasteiger partial charge is 0.573 e. The van der Waals surface area contributed by atoms with Gasteiger partial charge in [0.15, 0.2) is 5.75 Å². The van der Waals surface area contributed by atoms with Crippen LogP contribution < -0.4 is 4.74 Å². The van der Waals surface area contributed by atoms with Crippen molar-refractivity contribution in [3.05, 3.63) is 42.2 Å². The van der Waals surface area contributed by atoms with Crippen molar-refractivity contribution in [3.63, 3.8) is 0 Å². The number of halogens is 3. The normalized spacial score (nSPS) is 10.6. The highest BCUT2D eigenvalue weighted by Gasteiger charge is 2.32. The predicted octanol–water partition coefficient (Wildman–Crippen LogP) is 4.11. The second kappa shape index (κ2) is 6.26. The summed E-state index contributed by atoms with van der Waals surface area (Å²) >= 11 is 0. The summed E-state index contributed by atoms with van der Waals surface area (Å²) in [5.41, 5.74) is 1.10. The zero-order chi connectivity index (χ0) is 14.5. The maximum atomic E-state index is 12.2. The molecule has 19 heavy (non-hydrogen) atoms. The summed E-state index contributed by atoms with van der Waals surface area (Å²) in [5.74, 6) is -0.275. The van der Waals surface area contributed by atoms with Crippen LogP contribution in [0.5, 0.6) is 5.75 Å². The van der Waals surface area contributed by atoms with E-state index < -0.39 is 6.36 Å². The summed E-state index contributed by atoms with van der Waals surface area (Å²) in [7, 11) is 0. The molecule has 0 N–H and O–H groups in total. The fourth-order valence-corrected chi connectivity index (χ4v) is 1.40. The van der Waals surface area contributed by atoms with E-state index in [1.54, 1.807) is 25.4 Å². The molecule has 3 nitrogen and oxygen atoms in total. The van der Waals surface area contributed by atoms with Crippen LogP contribution in [0.4, 0.5) is 13.2 Å². The molecule has 0 saturated heterocycles. The Morgan fingerprint density at radius 1 is 1.16 bits per heavy atom. The maximum Gasteiger partial charge on any atom is 0.573 e. The third-order valence-corrected chi connectivity index (χ3v) is 2.05. The highest BCUT2D eigenvalue weighted by molar-refractivity contribution is 5.46. The number of alkyl halides is 3. The minimum absolute atomic E-state index is 0.248. The maximum absolute atomic E-state index is 12.2. The first kappa shape index (κ1) is 15.1. The van der Waals surface area contributed by atoms with Crippen LogP contribution in [-0.2, 0) is 0 Å². The molecule has 0 aliphatic carbocycles. The summed E-state index contributed by atoms with van der Waals surface area (Å²) in [6.07, 6.45) is -1.53. The van der Waals surface area contributed by atoms with Crippen LogP contribution in [0.3, 0.4) is 0 Å². The van der Waals surface area contributed by atoms with Crippen LogP contribution in [0.2, 0.25) is 0 Å². The van der Waals surface area contributed by atoms with E-state index in [1.165, 1.54) is 22.9 Å². The lowest BCUT2D eigenvalue weighted by Crippen LogP contribution is -2.18. The Morgan fingerprint density at radius 3 is 2.32 bits per heavy atom. The molecule has 1 aromatic heterocycles. The molecule has 0 saturated carbocycles. The van der Waals surface area contributed by atoms with Gasteiger partial charge in [-0.3, -0.25) is 0 Å². The van der Waals surface area contributed by atoms with Crippen molar-refractivity contribution in [2.75, 3.05) is 0 Å². The molecule has 0 spiro atoms. The Morgan fingerprint density at radius 2 is 1.79 bits per heavy atom.